The van der Waals surface area contributed by atoms with Crippen LogP contribution < -0.4 is 4.74 Å². The molecule has 4 heteroatoms. The lowest BCUT2D eigenvalue weighted by molar-refractivity contribution is -0.0905. The number of rotatable bonds is 12. The Morgan fingerprint density at radius 1 is 1.03 bits per heavy atom. The molecule has 1 aliphatic carbocycles. The molecule has 0 amide bonds. The minimum absolute atomic E-state index is 0.0880. The van der Waals surface area contributed by atoms with Crippen molar-refractivity contribution in [3.8, 4) is 5.75 Å². The standard InChI is InChI=1S/C25H31FO3/c1-4-22(15-19-7-11-23(26)12-8-19)25(29-17-20-5-6-20)18(2)28-16-21-9-13-24(27-3)14-10-21/h4,7-14,18,20,22,25H,1,5-6,15-17H2,2-3H3. The molecule has 1 fully saturated rings. The van der Waals surface area contributed by atoms with Crippen LogP contribution in [0.25, 0.3) is 0 Å². The van der Waals surface area contributed by atoms with Gasteiger partial charge in [0.1, 0.15) is 11.6 Å². The largest absolute Gasteiger partial charge is 0.497 e. The van der Waals surface area contributed by atoms with Crippen molar-refractivity contribution in [2.24, 2.45) is 11.8 Å². The molecule has 0 spiro atoms. The second kappa shape index (κ2) is 10.6. The highest BCUT2D eigenvalue weighted by atomic mass is 19.1. The summed E-state index contributed by atoms with van der Waals surface area (Å²) in [5.41, 5.74) is 2.16. The summed E-state index contributed by atoms with van der Waals surface area (Å²) in [5.74, 6) is 1.37. The molecule has 3 nitrogen and oxygen atoms in total. The summed E-state index contributed by atoms with van der Waals surface area (Å²) >= 11 is 0. The number of methoxy groups -OCH3 is 1. The average molecular weight is 399 g/mol. The Balaban J connectivity index is 1.64. The van der Waals surface area contributed by atoms with Gasteiger partial charge in [-0.3, -0.25) is 0 Å². The third-order valence-corrected chi connectivity index (χ3v) is 5.47. The quantitative estimate of drug-likeness (QED) is 0.437. The van der Waals surface area contributed by atoms with Gasteiger partial charge in [0.2, 0.25) is 0 Å². The summed E-state index contributed by atoms with van der Waals surface area (Å²) in [7, 11) is 1.66. The lowest BCUT2D eigenvalue weighted by atomic mass is 9.91. The van der Waals surface area contributed by atoms with Crippen LogP contribution in [0.5, 0.6) is 5.75 Å². The average Bonchev–Trinajstić information content (AvgIpc) is 3.57. The molecule has 3 unspecified atom stereocenters. The molecule has 2 aromatic carbocycles. The predicted octanol–water partition coefficient (Wildman–Crippen LogP) is 5.58. The minimum Gasteiger partial charge on any atom is -0.497 e. The van der Waals surface area contributed by atoms with Crippen LogP contribution >= 0.6 is 0 Å². The van der Waals surface area contributed by atoms with E-state index < -0.39 is 0 Å². The number of ether oxygens (including phenoxy) is 3. The fraction of sp³-hybridized carbons (Fsp3) is 0.440. The van der Waals surface area contributed by atoms with Crippen LogP contribution in [0.2, 0.25) is 0 Å². The van der Waals surface area contributed by atoms with E-state index >= 15 is 0 Å². The predicted molar refractivity (Wildman–Crippen MR) is 114 cm³/mol. The monoisotopic (exact) mass is 398 g/mol. The first-order valence-corrected chi connectivity index (χ1v) is 10.3. The third kappa shape index (κ3) is 6.69. The van der Waals surface area contributed by atoms with Crippen molar-refractivity contribution in [2.75, 3.05) is 13.7 Å². The fourth-order valence-corrected chi connectivity index (χ4v) is 3.41. The van der Waals surface area contributed by atoms with Crippen molar-refractivity contribution in [3.63, 3.8) is 0 Å². The first-order chi connectivity index (χ1) is 14.1. The lowest BCUT2D eigenvalue weighted by Crippen LogP contribution is -2.37. The van der Waals surface area contributed by atoms with E-state index in [4.69, 9.17) is 14.2 Å². The smallest absolute Gasteiger partial charge is 0.123 e. The molecule has 3 rings (SSSR count). The highest BCUT2D eigenvalue weighted by Gasteiger charge is 2.30. The van der Waals surface area contributed by atoms with Gasteiger partial charge in [0.05, 0.1) is 25.9 Å². The topological polar surface area (TPSA) is 27.7 Å². The number of hydrogen-bond acceptors (Lipinski definition) is 3. The molecule has 0 saturated heterocycles. The van der Waals surface area contributed by atoms with E-state index in [1.165, 1.54) is 25.0 Å². The molecular weight excluding hydrogens is 367 g/mol. The first-order valence-electron chi connectivity index (χ1n) is 10.3. The van der Waals surface area contributed by atoms with E-state index in [1.54, 1.807) is 7.11 Å². The first kappa shape index (κ1) is 21.5. The van der Waals surface area contributed by atoms with Crippen LogP contribution in [0, 0.1) is 17.7 Å². The molecule has 29 heavy (non-hydrogen) atoms. The van der Waals surface area contributed by atoms with Crippen LogP contribution in [-0.4, -0.2) is 25.9 Å². The Morgan fingerprint density at radius 3 is 2.28 bits per heavy atom. The van der Waals surface area contributed by atoms with Gasteiger partial charge < -0.3 is 14.2 Å². The molecule has 1 saturated carbocycles. The molecule has 0 bridgehead atoms. The maximum absolute atomic E-state index is 13.2. The molecule has 0 N–H and O–H groups in total. The number of halogens is 1. The summed E-state index contributed by atoms with van der Waals surface area (Å²) < 4.78 is 30.9. The van der Waals surface area contributed by atoms with Gasteiger partial charge in [-0.25, -0.2) is 4.39 Å². The maximum atomic E-state index is 13.2. The molecule has 0 aromatic heterocycles. The maximum Gasteiger partial charge on any atom is 0.123 e. The lowest BCUT2D eigenvalue weighted by Gasteiger charge is -2.30. The van der Waals surface area contributed by atoms with Gasteiger partial charge in [-0.05, 0) is 67.5 Å². The summed E-state index contributed by atoms with van der Waals surface area (Å²) in [6.45, 7) is 7.36. The van der Waals surface area contributed by atoms with E-state index in [0.717, 1.165) is 29.9 Å². The highest BCUT2D eigenvalue weighted by Crippen LogP contribution is 2.31. The number of hydrogen-bond donors (Lipinski definition) is 0. The summed E-state index contributed by atoms with van der Waals surface area (Å²) in [6.07, 6.45) is 4.97. The zero-order valence-corrected chi connectivity index (χ0v) is 17.4. The fourth-order valence-electron chi connectivity index (χ4n) is 3.41. The van der Waals surface area contributed by atoms with Crippen LogP contribution in [0.4, 0.5) is 4.39 Å². The van der Waals surface area contributed by atoms with E-state index in [2.05, 4.69) is 13.5 Å². The van der Waals surface area contributed by atoms with Gasteiger partial charge in [0, 0.05) is 12.5 Å². The second-order valence-electron chi connectivity index (χ2n) is 7.84. The van der Waals surface area contributed by atoms with Gasteiger partial charge >= 0.3 is 0 Å². The highest BCUT2D eigenvalue weighted by molar-refractivity contribution is 5.26. The van der Waals surface area contributed by atoms with E-state index in [1.807, 2.05) is 42.5 Å². The zero-order chi connectivity index (χ0) is 20.6. The SMILES string of the molecule is C=CC(Cc1ccc(F)cc1)C(OCC1CC1)C(C)OCc1ccc(OC)cc1. The molecule has 2 aromatic rings. The normalized spacial score (nSPS) is 16.8. The Morgan fingerprint density at radius 2 is 1.69 bits per heavy atom. The van der Waals surface area contributed by atoms with Gasteiger partial charge in [0.15, 0.2) is 0 Å². The van der Waals surface area contributed by atoms with E-state index in [-0.39, 0.29) is 23.9 Å². The van der Waals surface area contributed by atoms with Crippen molar-refractivity contribution in [1.82, 2.24) is 0 Å². The van der Waals surface area contributed by atoms with E-state index in [0.29, 0.717) is 12.5 Å². The Hall–Kier alpha value is -2.17. The van der Waals surface area contributed by atoms with Gasteiger partial charge in [-0.15, -0.1) is 6.58 Å². The molecule has 3 atom stereocenters. The van der Waals surface area contributed by atoms with Gasteiger partial charge in [0.25, 0.3) is 0 Å². The second-order valence-corrected chi connectivity index (χ2v) is 7.84. The van der Waals surface area contributed by atoms with E-state index in [9.17, 15) is 4.39 Å². The molecular formula is C25H31FO3. The summed E-state index contributed by atoms with van der Waals surface area (Å²) in [4.78, 5) is 0. The summed E-state index contributed by atoms with van der Waals surface area (Å²) in [5, 5.41) is 0. The van der Waals surface area contributed by atoms with Crippen LogP contribution in [-0.2, 0) is 22.5 Å². The molecule has 0 radical (unpaired) electrons. The Labute approximate surface area is 173 Å². The molecule has 1 aliphatic rings. The third-order valence-electron chi connectivity index (χ3n) is 5.47. The zero-order valence-electron chi connectivity index (χ0n) is 17.4. The summed E-state index contributed by atoms with van der Waals surface area (Å²) in [6, 6.07) is 14.5. The van der Waals surface area contributed by atoms with Gasteiger partial charge in [-0.1, -0.05) is 30.3 Å². The Bertz CT molecular complexity index is 753. The van der Waals surface area contributed by atoms with Crippen LogP contribution in [0.1, 0.15) is 30.9 Å². The Kier molecular flexibility index (Phi) is 7.84. The number of benzene rings is 2. The minimum atomic E-state index is -0.221. The molecule has 0 aliphatic heterocycles. The molecule has 156 valence electrons. The van der Waals surface area contributed by atoms with Crippen molar-refractivity contribution < 1.29 is 18.6 Å². The van der Waals surface area contributed by atoms with Crippen LogP contribution in [0.3, 0.4) is 0 Å². The van der Waals surface area contributed by atoms with Crippen molar-refractivity contribution in [1.29, 1.82) is 0 Å². The van der Waals surface area contributed by atoms with Crippen LogP contribution in [0.15, 0.2) is 61.2 Å². The van der Waals surface area contributed by atoms with Crippen molar-refractivity contribution >= 4 is 0 Å². The van der Waals surface area contributed by atoms with Crippen molar-refractivity contribution in [3.05, 3.63) is 78.1 Å². The molecule has 0 heterocycles. The van der Waals surface area contributed by atoms with Crippen molar-refractivity contribution in [2.45, 2.75) is 45.0 Å². The van der Waals surface area contributed by atoms with Gasteiger partial charge in [-0.2, -0.15) is 0 Å².